The molecule has 8 heteroatoms. The Morgan fingerprint density at radius 1 is 1.32 bits per heavy atom. The number of carbonyl (C=O) groups is 1. The lowest BCUT2D eigenvalue weighted by Gasteiger charge is -2.08. The van der Waals surface area contributed by atoms with Crippen LogP contribution in [0.4, 0.5) is 13.2 Å². The number of aromatic nitrogens is 2. The van der Waals surface area contributed by atoms with E-state index >= 15 is 0 Å². The summed E-state index contributed by atoms with van der Waals surface area (Å²) < 4.78 is 37.7. The maximum Gasteiger partial charge on any atom is 0.416 e. The first kappa shape index (κ1) is 13.5. The van der Waals surface area contributed by atoms with Crippen LogP contribution in [0.3, 0.4) is 0 Å². The van der Waals surface area contributed by atoms with E-state index in [4.69, 9.17) is 16.7 Å². The largest absolute Gasteiger partial charge is 0.481 e. The second-order valence-corrected chi connectivity index (χ2v) is 4.09. The Balaban J connectivity index is 2.59. The number of benzene rings is 1. The minimum atomic E-state index is -4.50. The SMILES string of the molecule is O=C(O)Cc1nc(Cl)c2ccc(C(F)(F)F)cc2n1. The van der Waals surface area contributed by atoms with Crippen molar-refractivity contribution >= 4 is 28.5 Å². The molecule has 19 heavy (non-hydrogen) atoms. The topological polar surface area (TPSA) is 63.1 Å². The second-order valence-electron chi connectivity index (χ2n) is 3.73. The van der Waals surface area contributed by atoms with Crippen LogP contribution < -0.4 is 0 Å². The van der Waals surface area contributed by atoms with Crippen molar-refractivity contribution in [3.63, 3.8) is 0 Å². The second kappa shape index (κ2) is 4.65. The summed E-state index contributed by atoms with van der Waals surface area (Å²) in [4.78, 5) is 18.0. The summed E-state index contributed by atoms with van der Waals surface area (Å²) in [5.41, 5.74) is -0.915. The molecule has 0 fully saturated rings. The Morgan fingerprint density at radius 3 is 2.58 bits per heavy atom. The number of nitrogens with zero attached hydrogens (tertiary/aromatic N) is 2. The first-order valence-electron chi connectivity index (χ1n) is 5.02. The van der Waals surface area contributed by atoms with E-state index in [0.29, 0.717) is 0 Å². The van der Waals surface area contributed by atoms with Crippen LogP contribution in [-0.4, -0.2) is 21.0 Å². The zero-order valence-corrected chi connectivity index (χ0v) is 9.96. The van der Waals surface area contributed by atoms with Crippen molar-refractivity contribution in [2.75, 3.05) is 0 Å². The molecule has 0 saturated heterocycles. The lowest BCUT2D eigenvalue weighted by Crippen LogP contribution is -2.07. The van der Waals surface area contributed by atoms with Crippen molar-refractivity contribution in [2.24, 2.45) is 0 Å². The van der Waals surface area contributed by atoms with Crippen molar-refractivity contribution in [1.29, 1.82) is 0 Å². The van der Waals surface area contributed by atoms with Gasteiger partial charge in [0.1, 0.15) is 17.4 Å². The average molecular weight is 291 g/mol. The fourth-order valence-corrected chi connectivity index (χ4v) is 1.78. The van der Waals surface area contributed by atoms with Gasteiger partial charge in [0.15, 0.2) is 0 Å². The van der Waals surface area contributed by atoms with E-state index in [9.17, 15) is 18.0 Å². The number of rotatable bonds is 2. The highest BCUT2D eigenvalue weighted by Crippen LogP contribution is 2.32. The first-order valence-corrected chi connectivity index (χ1v) is 5.40. The van der Waals surface area contributed by atoms with E-state index in [1.165, 1.54) is 0 Å². The van der Waals surface area contributed by atoms with E-state index in [1.54, 1.807) is 0 Å². The van der Waals surface area contributed by atoms with Crippen LogP contribution in [0.5, 0.6) is 0 Å². The van der Waals surface area contributed by atoms with E-state index in [1.807, 2.05) is 0 Å². The molecule has 0 saturated carbocycles. The predicted molar refractivity (Wildman–Crippen MR) is 60.9 cm³/mol. The van der Waals surface area contributed by atoms with Gasteiger partial charge < -0.3 is 5.11 Å². The number of hydrogen-bond donors (Lipinski definition) is 1. The Hall–Kier alpha value is -1.89. The monoisotopic (exact) mass is 290 g/mol. The average Bonchev–Trinajstić information content (AvgIpc) is 2.26. The third-order valence-corrected chi connectivity index (χ3v) is 2.62. The molecule has 0 unspecified atom stereocenters. The van der Waals surface area contributed by atoms with Crippen molar-refractivity contribution in [3.05, 3.63) is 34.7 Å². The lowest BCUT2D eigenvalue weighted by molar-refractivity contribution is -0.138. The van der Waals surface area contributed by atoms with E-state index in [2.05, 4.69) is 9.97 Å². The molecule has 1 aromatic heterocycles. The third kappa shape index (κ3) is 2.93. The van der Waals surface area contributed by atoms with Crippen LogP contribution >= 0.6 is 11.6 Å². The van der Waals surface area contributed by atoms with Crippen LogP contribution in [-0.2, 0) is 17.4 Å². The zero-order valence-electron chi connectivity index (χ0n) is 9.20. The minimum Gasteiger partial charge on any atom is -0.481 e. The molecule has 0 aliphatic rings. The Kier molecular flexibility index (Phi) is 3.32. The molecule has 100 valence electrons. The molecule has 0 spiro atoms. The van der Waals surface area contributed by atoms with Gasteiger partial charge in [0.25, 0.3) is 0 Å². The van der Waals surface area contributed by atoms with Gasteiger partial charge >= 0.3 is 12.1 Å². The molecular weight excluding hydrogens is 285 g/mol. The summed E-state index contributed by atoms with van der Waals surface area (Å²) in [7, 11) is 0. The molecule has 1 aromatic carbocycles. The van der Waals surface area contributed by atoms with Gasteiger partial charge in [-0.3, -0.25) is 4.79 Å². The fraction of sp³-hybridized carbons (Fsp3) is 0.182. The molecule has 4 nitrogen and oxygen atoms in total. The number of hydrogen-bond acceptors (Lipinski definition) is 3. The normalized spacial score (nSPS) is 11.8. The highest BCUT2D eigenvalue weighted by Gasteiger charge is 2.30. The summed E-state index contributed by atoms with van der Waals surface area (Å²) >= 11 is 5.79. The van der Waals surface area contributed by atoms with Gasteiger partial charge in [0.05, 0.1) is 11.1 Å². The molecule has 0 bridgehead atoms. The van der Waals surface area contributed by atoms with Crippen molar-refractivity contribution in [1.82, 2.24) is 9.97 Å². The van der Waals surface area contributed by atoms with Gasteiger partial charge in [-0.1, -0.05) is 11.6 Å². The molecule has 1 N–H and O–H groups in total. The zero-order chi connectivity index (χ0) is 14.2. The fourth-order valence-electron chi connectivity index (χ4n) is 1.53. The number of carboxylic acid groups (broad SMARTS) is 1. The Labute approximate surface area is 109 Å². The molecule has 0 amide bonds. The van der Waals surface area contributed by atoms with E-state index in [-0.39, 0.29) is 21.9 Å². The Bertz CT molecular complexity index is 658. The van der Waals surface area contributed by atoms with Gasteiger partial charge in [-0.15, -0.1) is 0 Å². The summed E-state index contributed by atoms with van der Waals surface area (Å²) in [5.74, 6) is -1.33. The van der Waals surface area contributed by atoms with E-state index < -0.39 is 24.1 Å². The standard InChI is InChI=1S/C11H6ClF3N2O2/c12-10-6-2-1-5(11(13,14)15)3-7(6)16-8(17-10)4-9(18)19/h1-3H,4H2,(H,18,19). The van der Waals surface area contributed by atoms with Crippen LogP contribution in [0.15, 0.2) is 18.2 Å². The van der Waals surface area contributed by atoms with Crippen LogP contribution in [0.1, 0.15) is 11.4 Å². The summed E-state index contributed by atoms with van der Waals surface area (Å²) in [6, 6.07) is 2.84. The van der Waals surface area contributed by atoms with E-state index in [0.717, 1.165) is 18.2 Å². The van der Waals surface area contributed by atoms with Gasteiger partial charge in [-0.2, -0.15) is 13.2 Å². The molecule has 2 rings (SSSR count). The number of alkyl halides is 3. The Morgan fingerprint density at radius 2 is 2.00 bits per heavy atom. The van der Waals surface area contributed by atoms with Gasteiger partial charge in [0.2, 0.25) is 0 Å². The van der Waals surface area contributed by atoms with Crippen LogP contribution in [0, 0.1) is 0 Å². The number of fused-ring (bicyclic) bond motifs is 1. The smallest absolute Gasteiger partial charge is 0.416 e. The lowest BCUT2D eigenvalue weighted by atomic mass is 10.1. The van der Waals surface area contributed by atoms with Gasteiger partial charge in [-0.05, 0) is 18.2 Å². The molecule has 0 aliphatic heterocycles. The highest BCUT2D eigenvalue weighted by atomic mass is 35.5. The molecule has 0 radical (unpaired) electrons. The third-order valence-electron chi connectivity index (χ3n) is 2.33. The predicted octanol–water partition coefficient (Wildman–Crippen LogP) is 2.93. The summed E-state index contributed by atoms with van der Waals surface area (Å²) in [5, 5.41) is 8.78. The molecule has 2 aromatic rings. The number of carboxylic acids is 1. The molecule has 0 aliphatic carbocycles. The first-order chi connectivity index (χ1) is 8.77. The van der Waals surface area contributed by atoms with Crippen molar-refractivity contribution in [3.8, 4) is 0 Å². The maximum absolute atomic E-state index is 12.6. The van der Waals surface area contributed by atoms with Gasteiger partial charge in [0, 0.05) is 5.39 Å². The molecule has 1 heterocycles. The number of aliphatic carboxylic acids is 1. The molecular formula is C11H6ClF3N2O2. The van der Waals surface area contributed by atoms with Crippen LogP contribution in [0.25, 0.3) is 10.9 Å². The summed E-state index contributed by atoms with van der Waals surface area (Å²) in [6.07, 6.45) is -5.01. The van der Waals surface area contributed by atoms with Crippen LogP contribution in [0.2, 0.25) is 5.15 Å². The maximum atomic E-state index is 12.6. The highest BCUT2D eigenvalue weighted by molar-refractivity contribution is 6.34. The number of halogens is 4. The van der Waals surface area contributed by atoms with Gasteiger partial charge in [-0.25, -0.2) is 9.97 Å². The quantitative estimate of drug-likeness (QED) is 0.864. The van der Waals surface area contributed by atoms with Crippen molar-refractivity contribution in [2.45, 2.75) is 12.6 Å². The summed E-state index contributed by atoms with van der Waals surface area (Å²) in [6.45, 7) is 0. The minimum absolute atomic E-state index is 0.0360. The molecule has 0 atom stereocenters. The van der Waals surface area contributed by atoms with Crippen molar-refractivity contribution < 1.29 is 23.1 Å².